The van der Waals surface area contributed by atoms with Crippen LogP contribution in [0.15, 0.2) is 36.5 Å². The zero-order valence-corrected chi connectivity index (χ0v) is 48.7. The van der Waals surface area contributed by atoms with Gasteiger partial charge in [0.2, 0.25) is 0 Å². The quantitative estimate of drug-likeness (QED) is 0.0101. The van der Waals surface area contributed by atoms with Gasteiger partial charge in [-0.1, -0.05) is 160 Å². The van der Waals surface area contributed by atoms with Gasteiger partial charge in [-0.15, -0.1) is 0 Å². The first-order valence-corrected chi connectivity index (χ1v) is 31.4. The van der Waals surface area contributed by atoms with Crippen molar-refractivity contribution >= 4 is 19.8 Å². The summed E-state index contributed by atoms with van der Waals surface area (Å²) < 4.78 is 57.9. The number of unbranched alkanes of at least 4 members (excludes halogenated alkanes) is 22. The van der Waals surface area contributed by atoms with Gasteiger partial charge in [0.15, 0.2) is 18.7 Å². The van der Waals surface area contributed by atoms with Gasteiger partial charge in [-0.2, -0.15) is 0 Å². The molecule has 0 spiro atoms. The van der Waals surface area contributed by atoms with E-state index >= 15 is 0 Å². The summed E-state index contributed by atoms with van der Waals surface area (Å²) in [4.78, 5) is 37.4. The van der Waals surface area contributed by atoms with Crippen molar-refractivity contribution in [3.63, 3.8) is 0 Å². The van der Waals surface area contributed by atoms with E-state index in [-0.39, 0.29) is 6.42 Å². The average Bonchev–Trinajstić information content (AvgIpc) is 3.48. The summed E-state index contributed by atoms with van der Waals surface area (Å²) in [6.45, 7) is 0.882. The number of esters is 2. The molecule has 472 valence electrons. The highest BCUT2D eigenvalue weighted by atomic mass is 31.2. The van der Waals surface area contributed by atoms with E-state index in [0.29, 0.717) is 6.42 Å². The van der Waals surface area contributed by atoms with Gasteiger partial charge >= 0.3 is 19.8 Å². The maximum absolute atomic E-state index is 14.0. The molecule has 3 aliphatic rings. The van der Waals surface area contributed by atoms with Crippen LogP contribution >= 0.6 is 7.82 Å². The molecule has 3 rings (SSSR count). The first-order chi connectivity index (χ1) is 38.9. The second-order valence-electron chi connectivity index (χ2n) is 21.6. The normalized spacial score (nSPS) is 31.2. The monoisotopic (exact) mass is 1180 g/mol. The number of allylic oxidation sites excluding steroid dienone is 5. The maximum Gasteiger partial charge on any atom is 0.472 e. The maximum atomic E-state index is 14.0. The SMILES string of the molecule is CCCCCCC=CCCCCCCCCCC(=O)OCC(COP(=O)(O)OC1C(OC2OC(CO)C(O)C(O)C2O)C(O)C(O)C(O)C1OC1OC(CO)C(O)C(O)C1O)OC(=O)C=CC=CCCCCCCCCCCCCC. The van der Waals surface area contributed by atoms with Crippen LogP contribution in [0.2, 0.25) is 0 Å². The molecular formula is C57H101O23P. The standard InChI is InChI=1S/C57H101O23P/c1-3-5-7-9-11-13-15-17-19-21-23-25-27-29-31-33-42(60)73-37-39(75-43(61)34-32-30-28-26-24-22-20-18-16-14-12-10-8-6-4-2)38-74-81(71,72)80-55-53(78-56-51(69)46(64)44(62)40(35-58)76-56)49(67)48(66)50(68)54(55)79-57-52(70)47(65)45(63)41(36-59)77-57/h13,15,28,30,32,34,39-41,44-59,62-70H,3-12,14,16-27,29,31,33,35-38H2,1-2H3,(H,71,72). The Morgan fingerprint density at radius 1 is 0.494 bits per heavy atom. The summed E-state index contributed by atoms with van der Waals surface area (Å²) in [6, 6.07) is 0. The highest BCUT2D eigenvalue weighted by molar-refractivity contribution is 7.47. The molecule has 0 amide bonds. The van der Waals surface area contributed by atoms with E-state index in [9.17, 15) is 75.2 Å². The summed E-state index contributed by atoms with van der Waals surface area (Å²) in [6.07, 6.45) is 3.35. The predicted molar refractivity (Wildman–Crippen MR) is 296 cm³/mol. The topological polar surface area (TPSA) is 368 Å². The van der Waals surface area contributed by atoms with E-state index in [0.717, 1.165) is 83.1 Å². The largest absolute Gasteiger partial charge is 0.472 e. The van der Waals surface area contributed by atoms with Crippen LogP contribution in [0.3, 0.4) is 0 Å². The summed E-state index contributed by atoms with van der Waals surface area (Å²) in [7, 11) is -5.66. The van der Waals surface area contributed by atoms with Crippen molar-refractivity contribution in [2.45, 2.75) is 285 Å². The number of hydrogen-bond donors (Lipinski definition) is 12. The molecule has 24 heteroatoms. The van der Waals surface area contributed by atoms with Crippen molar-refractivity contribution in [1.82, 2.24) is 0 Å². The molecule has 0 aromatic heterocycles. The Labute approximate surface area is 478 Å². The molecule has 23 nitrogen and oxygen atoms in total. The molecule has 3 fully saturated rings. The van der Waals surface area contributed by atoms with Crippen LogP contribution in [0.4, 0.5) is 0 Å². The highest BCUT2D eigenvalue weighted by Gasteiger charge is 2.58. The Morgan fingerprint density at radius 3 is 1.36 bits per heavy atom. The van der Waals surface area contributed by atoms with Crippen molar-refractivity contribution < 1.29 is 113 Å². The van der Waals surface area contributed by atoms with Crippen molar-refractivity contribution in [1.29, 1.82) is 0 Å². The van der Waals surface area contributed by atoms with Crippen LogP contribution in [0.1, 0.15) is 181 Å². The summed E-state index contributed by atoms with van der Waals surface area (Å²) >= 11 is 0. The third-order valence-electron chi connectivity index (χ3n) is 14.8. The molecule has 81 heavy (non-hydrogen) atoms. The second-order valence-corrected chi connectivity index (χ2v) is 23.0. The average molecular weight is 1190 g/mol. The molecule has 0 aromatic carbocycles. The van der Waals surface area contributed by atoms with Crippen LogP contribution < -0.4 is 0 Å². The number of aliphatic hydroxyl groups excluding tert-OH is 11. The number of ether oxygens (including phenoxy) is 6. The Bertz CT molecular complexity index is 1750. The molecule has 16 unspecified atom stereocenters. The third-order valence-corrected chi connectivity index (χ3v) is 15.8. The number of aliphatic hydroxyl groups is 11. The van der Waals surface area contributed by atoms with Crippen LogP contribution in [-0.2, 0) is 51.6 Å². The van der Waals surface area contributed by atoms with E-state index < -0.39 is 150 Å². The Morgan fingerprint density at radius 2 is 0.901 bits per heavy atom. The van der Waals surface area contributed by atoms with Crippen LogP contribution in [0.25, 0.3) is 0 Å². The number of phosphoric acid groups is 1. The lowest BCUT2D eigenvalue weighted by Crippen LogP contribution is -2.69. The molecule has 0 aromatic rings. The Kier molecular flexibility index (Phi) is 37.5. The fourth-order valence-corrected chi connectivity index (χ4v) is 10.7. The first kappa shape index (κ1) is 72.9. The third kappa shape index (κ3) is 27.3. The number of carbonyl (C=O) groups excluding carboxylic acids is 2. The molecule has 16 atom stereocenters. The van der Waals surface area contributed by atoms with Crippen molar-refractivity contribution in [3.05, 3.63) is 36.5 Å². The molecule has 2 aliphatic heterocycles. The number of phosphoric ester groups is 1. The van der Waals surface area contributed by atoms with Crippen LogP contribution in [0, 0.1) is 0 Å². The van der Waals surface area contributed by atoms with Crippen molar-refractivity contribution in [2.75, 3.05) is 26.4 Å². The molecule has 0 radical (unpaired) electrons. The van der Waals surface area contributed by atoms with Crippen LogP contribution in [0.5, 0.6) is 0 Å². The zero-order chi connectivity index (χ0) is 59.6. The van der Waals surface area contributed by atoms with Gasteiger partial charge in [-0.3, -0.25) is 13.8 Å². The number of rotatable bonds is 43. The lowest BCUT2D eigenvalue weighted by Gasteiger charge is -2.49. The van der Waals surface area contributed by atoms with E-state index in [1.54, 1.807) is 6.08 Å². The second kappa shape index (κ2) is 41.7. The molecule has 2 heterocycles. The minimum atomic E-state index is -5.66. The summed E-state index contributed by atoms with van der Waals surface area (Å²) in [5.74, 6) is -1.59. The number of hydrogen-bond acceptors (Lipinski definition) is 22. The van der Waals surface area contributed by atoms with Crippen molar-refractivity contribution in [2.24, 2.45) is 0 Å². The lowest BCUT2D eigenvalue weighted by atomic mass is 9.84. The minimum absolute atomic E-state index is 0.0276. The minimum Gasteiger partial charge on any atom is -0.462 e. The van der Waals surface area contributed by atoms with Gasteiger partial charge < -0.3 is 89.5 Å². The predicted octanol–water partition coefficient (Wildman–Crippen LogP) is 4.26. The smallest absolute Gasteiger partial charge is 0.462 e. The molecule has 0 bridgehead atoms. The van der Waals surface area contributed by atoms with E-state index in [2.05, 4.69) is 26.0 Å². The fraction of sp³-hybridized carbons (Fsp3) is 0.860. The lowest BCUT2D eigenvalue weighted by molar-refractivity contribution is -0.360. The Balaban J connectivity index is 1.72. The molecule has 2 saturated heterocycles. The zero-order valence-electron chi connectivity index (χ0n) is 47.8. The summed E-state index contributed by atoms with van der Waals surface area (Å²) in [5.41, 5.74) is 0. The van der Waals surface area contributed by atoms with Gasteiger partial charge in [0.1, 0.15) is 92.1 Å². The molecular weight excluding hydrogens is 1080 g/mol. The van der Waals surface area contributed by atoms with E-state index in [1.807, 2.05) is 6.08 Å². The molecule has 1 aliphatic carbocycles. The van der Waals surface area contributed by atoms with E-state index in [4.69, 9.17) is 37.5 Å². The first-order valence-electron chi connectivity index (χ1n) is 29.9. The van der Waals surface area contributed by atoms with Gasteiger partial charge in [0.25, 0.3) is 0 Å². The highest BCUT2D eigenvalue weighted by Crippen LogP contribution is 2.49. The van der Waals surface area contributed by atoms with Crippen molar-refractivity contribution in [3.8, 4) is 0 Å². The fourth-order valence-electron chi connectivity index (χ4n) is 9.79. The number of carbonyl (C=O) groups is 2. The van der Waals surface area contributed by atoms with Crippen LogP contribution in [-0.4, -0.2) is 204 Å². The molecule has 1 saturated carbocycles. The Hall–Kier alpha value is -2.33. The van der Waals surface area contributed by atoms with Gasteiger partial charge in [0.05, 0.1) is 19.8 Å². The molecule has 12 N–H and O–H groups in total. The van der Waals surface area contributed by atoms with E-state index in [1.165, 1.54) is 83.1 Å². The van der Waals surface area contributed by atoms with Gasteiger partial charge in [-0.25, -0.2) is 9.36 Å². The summed E-state index contributed by atoms with van der Waals surface area (Å²) in [5, 5.41) is 117. The van der Waals surface area contributed by atoms with Gasteiger partial charge in [-0.05, 0) is 44.9 Å². The van der Waals surface area contributed by atoms with Gasteiger partial charge in [0, 0.05) is 12.5 Å².